The van der Waals surface area contributed by atoms with E-state index in [1.54, 1.807) is 13.0 Å². The molecule has 2 aromatic rings. The lowest BCUT2D eigenvalue weighted by atomic mass is 9.85. The van der Waals surface area contributed by atoms with E-state index in [2.05, 4.69) is 33.0 Å². The van der Waals surface area contributed by atoms with Gasteiger partial charge in [-0.1, -0.05) is 27.7 Å². The smallest absolute Gasteiger partial charge is 0.341 e. The topological polar surface area (TPSA) is 55.4 Å². The summed E-state index contributed by atoms with van der Waals surface area (Å²) in [5.41, 5.74) is 0.327. The lowest BCUT2D eigenvalue weighted by molar-refractivity contribution is 0.0528. The standard InChI is InChI=1S/C21H25F2NO3S/c1-6-27-20(26)14-10-17(12(2)11-21(3,4)5)28-19(14)24-18(25)13-7-8-15(22)16(23)9-13/h7-10,12H,6,11H2,1-5H3,(H,24,25)/t12-/m1/s1. The van der Waals surface area contributed by atoms with Gasteiger partial charge < -0.3 is 10.1 Å². The first kappa shape index (κ1) is 22.0. The van der Waals surface area contributed by atoms with Crippen molar-refractivity contribution < 1.29 is 23.1 Å². The number of hydrogen-bond acceptors (Lipinski definition) is 4. The van der Waals surface area contributed by atoms with E-state index in [4.69, 9.17) is 4.74 Å². The van der Waals surface area contributed by atoms with Gasteiger partial charge in [-0.2, -0.15) is 0 Å². The monoisotopic (exact) mass is 409 g/mol. The van der Waals surface area contributed by atoms with Gasteiger partial charge in [-0.15, -0.1) is 11.3 Å². The lowest BCUT2D eigenvalue weighted by Gasteiger charge is -2.22. The Morgan fingerprint density at radius 1 is 1.18 bits per heavy atom. The Labute approximate surface area is 167 Å². The zero-order chi connectivity index (χ0) is 21.1. The minimum absolute atomic E-state index is 0.0357. The molecule has 0 spiro atoms. The summed E-state index contributed by atoms with van der Waals surface area (Å²) in [6, 6.07) is 4.64. The molecule has 152 valence electrons. The number of hydrogen-bond donors (Lipinski definition) is 1. The Bertz CT molecular complexity index is 871. The van der Waals surface area contributed by atoms with Crippen molar-refractivity contribution in [3.05, 3.63) is 51.9 Å². The van der Waals surface area contributed by atoms with E-state index in [0.717, 1.165) is 23.4 Å². The molecule has 1 aromatic heterocycles. The number of carbonyl (C=O) groups is 2. The zero-order valence-corrected chi connectivity index (χ0v) is 17.5. The summed E-state index contributed by atoms with van der Waals surface area (Å²) in [6.07, 6.45) is 0.895. The summed E-state index contributed by atoms with van der Waals surface area (Å²) < 4.78 is 31.6. The van der Waals surface area contributed by atoms with E-state index in [1.165, 1.54) is 17.4 Å². The summed E-state index contributed by atoms with van der Waals surface area (Å²) in [6.45, 7) is 10.4. The zero-order valence-electron chi connectivity index (χ0n) is 16.7. The number of thiophene rings is 1. The highest BCUT2D eigenvalue weighted by Crippen LogP contribution is 2.38. The average Bonchev–Trinajstić information content (AvgIpc) is 3.00. The van der Waals surface area contributed by atoms with E-state index in [1.807, 2.05) is 0 Å². The third-order valence-corrected chi connectivity index (χ3v) is 5.34. The van der Waals surface area contributed by atoms with Crippen LogP contribution in [-0.4, -0.2) is 18.5 Å². The number of esters is 1. The number of rotatable bonds is 6. The molecule has 7 heteroatoms. The Morgan fingerprint density at radius 3 is 2.43 bits per heavy atom. The van der Waals surface area contributed by atoms with Crippen molar-refractivity contribution in [1.82, 2.24) is 0 Å². The molecule has 4 nitrogen and oxygen atoms in total. The van der Waals surface area contributed by atoms with Crippen molar-refractivity contribution in [3.8, 4) is 0 Å². The number of ether oxygens (including phenoxy) is 1. The van der Waals surface area contributed by atoms with Gasteiger partial charge in [0.1, 0.15) is 5.00 Å². The molecule has 0 radical (unpaired) electrons. The van der Waals surface area contributed by atoms with Gasteiger partial charge in [0.2, 0.25) is 0 Å². The molecule has 1 atom stereocenters. The van der Waals surface area contributed by atoms with Gasteiger partial charge in [0.15, 0.2) is 11.6 Å². The highest BCUT2D eigenvalue weighted by molar-refractivity contribution is 7.16. The normalized spacial score (nSPS) is 12.5. The molecule has 0 unspecified atom stereocenters. The molecule has 0 fully saturated rings. The van der Waals surface area contributed by atoms with Crippen molar-refractivity contribution in [1.29, 1.82) is 0 Å². The Kier molecular flexibility index (Phi) is 6.93. The molecule has 0 bridgehead atoms. The van der Waals surface area contributed by atoms with E-state index in [0.29, 0.717) is 5.00 Å². The first-order valence-corrected chi connectivity index (χ1v) is 9.90. The van der Waals surface area contributed by atoms with E-state index in [9.17, 15) is 18.4 Å². The van der Waals surface area contributed by atoms with Crippen LogP contribution >= 0.6 is 11.3 Å². The molecule has 0 aliphatic carbocycles. The fraction of sp³-hybridized carbons (Fsp3) is 0.429. The van der Waals surface area contributed by atoms with Crippen LogP contribution in [0.4, 0.5) is 13.8 Å². The van der Waals surface area contributed by atoms with Crippen molar-refractivity contribution in [3.63, 3.8) is 0 Å². The predicted octanol–water partition coefficient (Wildman–Crippen LogP) is 6.00. The van der Waals surface area contributed by atoms with Gasteiger partial charge in [-0.25, -0.2) is 13.6 Å². The van der Waals surface area contributed by atoms with Crippen LogP contribution in [0.1, 0.15) is 72.6 Å². The van der Waals surface area contributed by atoms with Crippen LogP contribution in [0.15, 0.2) is 24.3 Å². The van der Waals surface area contributed by atoms with Crippen LogP contribution in [0, 0.1) is 17.0 Å². The first-order valence-electron chi connectivity index (χ1n) is 9.09. The highest BCUT2D eigenvalue weighted by atomic mass is 32.1. The second kappa shape index (κ2) is 8.82. The summed E-state index contributed by atoms with van der Waals surface area (Å²) in [7, 11) is 0. The maximum atomic E-state index is 13.4. The van der Waals surface area contributed by atoms with Crippen LogP contribution in [0.3, 0.4) is 0 Å². The molecule has 1 amide bonds. The van der Waals surface area contributed by atoms with Gasteiger partial charge in [0.25, 0.3) is 5.91 Å². The largest absolute Gasteiger partial charge is 0.462 e. The van der Waals surface area contributed by atoms with Gasteiger partial charge in [0, 0.05) is 10.4 Å². The van der Waals surface area contributed by atoms with Crippen molar-refractivity contribution in [2.75, 3.05) is 11.9 Å². The average molecular weight is 409 g/mol. The Hall–Kier alpha value is -2.28. The van der Waals surface area contributed by atoms with Crippen LogP contribution in [0.25, 0.3) is 0 Å². The maximum absolute atomic E-state index is 13.4. The van der Waals surface area contributed by atoms with Gasteiger partial charge in [-0.05, 0) is 48.9 Å². The van der Waals surface area contributed by atoms with E-state index in [-0.39, 0.29) is 29.1 Å². The Balaban J connectivity index is 2.33. The molecular weight excluding hydrogens is 384 g/mol. The summed E-state index contributed by atoms with van der Waals surface area (Å²) >= 11 is 1.29. The van der Waals surface area contributed by atoms with Gasteiger partial charge in [0.05, 0.1) is 12.2 Å². The molecule has 2 rings (SSSR count). The number of carbonyl (C=O) groups excluding carboxylic acids is 2. The summed E-state index contributed by atoms with van der Waals surface area (Å²) in [5, 5.41) is 2.98. The second-order valence-electron chi connectivity index (χ2n) is 7.86. The van der Waals surface area contributed by atoms with E-state index < -0.39 is 23.5 Å². The molecular formula is C21H25F2NO3S. The number of nitrogens with one attached hydrogen (secondary N) is 1. The van der Waals surface area contributed by atoms with Crippen molar-refractivity contribution in [2.24, 2.45) is 5.41 Å². The summed E-state index contributed by atoms with van der Waals surface area (Å²) in [4.78, 5) is 25.7. The maximum Gasteiger partial charge on any atom is 0.341 e. The second-order valence-corrected chi connectivity index (χ2v) is 8.94. The molecule has 1 N–H and O–H groups in total. The molecule has 0 aliphatic heterocycles. The minimum Gasteiger partial charge on any atom is -0.462 e. The van der Waals surface area contributed by atoms with Crippen LogP contribution in [0.2, 0.25) is 0 Å². The first-order chi connectivity index (χ1) is 13.0. The van der Waals surface area contributed by atoms with Gasteiger partial charge >= 0.3 is 5.97 Å². The molecule has 0 saturated heterocycles. The molecule has 1 aromatic carbocycles. The highest BCUT2D eigenvalue weighted by Gasteiger charge is 2.24. The predicted molar refractivity (Wildman–Crippen MR) is 107 cm³/mol. The molecule has 0 aliphatic rings. The number of amides is 1. The van der Waals surface area contributed by atoms with Crippen LogP contribution in [-0.2, 0) is 4.74 Å². The van der Waals surface area contributed by atoms with Crippen LogP contribution in [0.5, 0.6) is 0 Å². The van der Waals surface area contributed by atoms with Crippen molar-refractivity contribution >= 4 is 28.2 Å². The molecule has 1 heterocycles. The summed E-state index contributed by atoms with van der Waals surface area (Å²) in [5.74, 6) is -3.12. The molecule has 28 heavy (non-hydrogen) atoms. The third kappa shape index (κ3) is 5.61. The van der Waals surface area contributed by atoms with Crippen LogP contribution < -0.4 is 5.32 Å². The Morgan fingerprint density at radius 2 is 1.86 bits per heavy atom. The van der Waals surface area contributed by atoms with E-state index >= 15 is 0 Å². The SMILES string of the molecule is CCOC(=O)c1cc([C@H](C)CC(C)(C)C)sc1NC(=O)c1ccc(F)c(F)c1. The lowest BCUT2D eigenvalue weighted by Crippen LogP contribution is -2.14. The third-order valence-electron chi connectivity index (χ3n) is 4.06. The molecule has 0 saturated carbocycles. The fourth-order valence-corrected chi connectivity index (χ4v) is 4.03. The van der Waals surface area contributed by atoms with Crippen molar-refractivity contribution in [2.45, 2.75) is 47.0 Å². The number of anilines is 1. The quantitative estimate of drug-likeness (QED) is 0.596. The van der Waals surface area contributed by atoms with Gasteiger partial charge in [-0.3, -0.25) is 4.79 Å². The number of halogens is 2. The number of benzene rings is 1. The fourth-order valence-electron chi connectivity index (χ4n) is 2.94. The minimum atomic E-state index is -1.11.